The lowest BCUT2D eigenvalue weighted by Gasteiger charge is -2.33. The number of hydrogen-bond acceptors (Lipinski definition) is 1. The fourth-order valence-corrected chi connectivity index (χ4v) is 3.28. The maximum atomic E-state index is 13.5. The molecule has 23 heavy (non-hydrogen) atoms. The summed E-state index contributed by atoms with van der Waals surface area (Å²) in [5.41, 5.74) is 2.19. The molecule has 0 saturated carbocycles. The van der Waals surface area contributed by atoms with Crippen molar-refractivity contribution < 1.29 is 4.79 Å². The summed E-state index contributed by atoms with van der Waals surface area (Å²) in [5, 5.41) is 0. The van der Waals surface area contributed by atoms with Crippen molar-refractivity contribution in [2.24, 2.45) is 0 Å². The molecule has 3 rings (SSSR count). The molecule has 0 aliphatic rings. The Bertz CT molecular complexity index is 721. The minimum atomic E-state index is -0.649. The molecule has 3 aromatic carbocycles. The lowest BCUT2D eigenvalue weighted by Crippen LogP contribution is -2.36. The normalized spacial score (nSPS) is 11.2. The number of hydrogen-bond donors (Lipinski definition) is 0. The minimum absolute atomic E-state index is 0.151. The SMILES string of the molecule is CCC(C(=O)c1ccccc1)(c1ccccc1)c1ccccc1. The summed E-state index contributed by atoms with van der Waals surface area (Å²) >= 11 is 0. The highest BCUT2D eigenvalue weighted by molar-refractivity contribution is 6.06. The van der Waals surface area contributed by atoms with Gasteiger partial charge in [-0.1, -0.05) is 97.9 Å². The zero-order valence-electron chi connectivity index (χ0n) is 13.3. The first kappa shape index (κ1) is 15.2. The van der Waals surface area contributed by atoms with Crippen molar-refractivity contribution in [3.63, 3.8) is 0 Å². The zero-order valence-corrected chi connectivity index (χ0v) is 13.3. The third-order valence-corrected chi connectivity index (χ3v) is 4.49. The van der Waals surface area contributed by atoms with Gasteiger partial charge in [-0.3, -0.25) is 4.79 Å². The van der Waals surface area contributed by atoms with Crippen LogP contribution in [0.25, 0.3) is 0 Å². The van der Waals surface area contributed by atoms with Crippen LogP contribution in [0.2, 0.25) is 0 Å². The number of carbonyl (C=O) groups excluding carboxylic acids is 1. The maximum absolute atomic E-state index is 13.5. The third kappa shape index (κ3) is 2.70. The van der Waals surface area contributed by atoms with Gasteiger partial charge in [0.2, 0.25) is 0 Å². The van der Waals surface area contributed by atoms with Crippen molar-refractivity contribution in [3.05, 3.63) is 108 Å². The van der Waals surface area contributed by atoms with Crippen LogP contribution in [0.1, 0.15) is 34.8 Å². The van der Waals surface area contributed by atoms with Crippen molar-refractivity contribution in [2.45, 2.75) is 18.8 Å². The Morgan fingerprint density at radius 3 is 1.48 bits per heavy atom. The summed E-state index contributed by atoms with van der Waals surface area (Å²) in [6, 6.07) is 29.8. The van der Waals surface area contributed by atoms with Crippen LogP contribution in [0.4, 0.5) is 0 Å². The van der Waals surface area contributed by atoms with E-state index in [0.717, 1.165) is 23.1 Å². The molecule has 0 N–H and O–H groups in total. The van der Waals surface area contributed by atoms with E-state index in [1.807, 2.05) is 66.7 Å². The highest BCUT2D eigenvalue weighted by atomic mass is 16.1. The van der Waals surface area contributed by atoms with Gasteiger partial charge in [0.25, 0.3) is 0 Å². The first-order valence-electron chi connectivity index (χ1n) is 8.00. The average Bonchev–Trinajstić information content (AvgIpc) is 2.65. The zero-order chi connectivity index (χ0) is 16.1. The van der Waals surface area contributed by atoms with Crippen LogP contribution in [-0.4, -0.2) is 5.78 Å². The summed E-state index contributed by atoms with van der Waals surface area (Å²) in [7, 11) is 0. The van der Waals surface area contributed by atoms with Gasteiger partial charge in [0.15, 0.2) is 5.78 Å². The lowest BCUT2D eigenvalue weighted by molar-refractivity contribution is 0.0908. The van der Waals surface area contributed by atoms with Gasteiger partial charge in [-0.05, 0) is 17.5 Å². The van der Waals surface area contributed by atoms with Crippen LogP contribution in [0.15, 0.2) is 91.0 Å². The van der Waals surface area contributed by atoms with Crippen LogP contribution < -0.4 is 0 Å². The number of ketones is 1. The predicted molar refractivity (Wildman–Crippen MR) is 94.7 cm³/mol. The molecule has 3 aromatic rings. The van der Waals surface area contributed by atoms with Gasteiger partial charge >= 0.3 is 0 Å². The molecule has 0 aromatic heterocycles. The second kappa shape index (κ2) is 6.62. The molecule has 0 amide bonds. The van der Waals surface area contributed by atoms with E-state index in [9.17, 15) is 4.79 Å². The highest BCUT2D eigenvalue weighted by Crippen LogP contribution is 2.38. The van der Waals surface area contributed by atoms with Crippen LogP contribution >= 0.6 is 0 Å². The Hall–Kier alpha value is -2.67. The van der Waals surface area contributed by atoms with Gasteiger partial charge in [0.05, 0.1) is 5.41 Å². The summed E-state index contributed by atoms with van der Waals surface area (Å²) in [6.07, 6.45) is 0.717. The summed E-state index contributed by atoms with van der Waals surface area (Å²) < 4.78 is 0. The third-order valence-electron chi connectivity index (χ3n) is 4.49. The topological polar surface area (TPSA) is 17.1 Å². The van der Waals surface area contributed by atoms with E-state index in [4.69, 9.17) is 0 Å². The highest BCUT2D eigenvalue weighted by Gasteiger charge is 2.40. The molecular weight excluding hydrogens is 280 g/mol. The van der Waals surface area contributed by atoms with E-state index in [1.54, 1.807) is 0 Å². The molecule has 0 spiro atoms. The van der Waals surface area contributed by atoms with Crippen LogP contribution in [0.5, 0.6) is 0 Å². The maximum Gasteiger partial charge on any atom is 0.177 e. The van der Waals surface area contributed by atoms with E-state index in [1.165, 1.54) is 0 Å². The molecule has 0 atom stereocenters. The van der Waals surface area contributed by atoms with Gasteiger partial charge in [-0.25, -0.2) is 0 Å². The smallest absolute Gasteiger partial charge is 0.177 e. The summed E-state index contributed by atoms with van der Waals surface area (Å²) in [6.45, 7) is 2.08. The second-order valence-electron chi connectivity index (χ2n) is 5.69. The molecule has 0 saturated heterocycles. The number of Topliss-reactive ketones (excluding diaryl/α,β-unsaturated/α-hetero) is 1. The van der Waals surface area contributed by atoms with Crippen molar-refractivity contribution >= 4 is 5.78 Å². The molecule has 0 unspecified atom stereocenters. The quantitative estimate of drug-likeness (QED) is 0.587. The Morgan fingerprint density at radius 2 is 1.09 bits per heavy atom. The standard InChI is InChI=1S/C22H20O/c1-2-22(19-14-8-4-9-15-19,20-16-10-5-11-17-20)21(23)18-12-6-3-7-13-18/h3-17H,2H2,1H3. The van der Waals surface area contributed by atoms with E-state index in [0.29, 0.717) is 0 Å². The second-order valence-corrected chi connectivity index (χ2v) is 5.69. The largest absolute Gasteiger partial charge is 0.293 e. The van der Waals surface area contributed by atoms with E-state index >= 15 is 0 Å². The summed E-state index contributed by atoms with van der Waals surface area (Å²) in [5.74, 6) is 0.151. The minimum Gasteiger partial charge on any atom is -0.293 e. The Kier molecular flexibility index (Phi) is 4.38. The Labute approximate surface area is 137 Å². The fourth-order valence-electron chi connectivity index (χ4n) is 3.28. The fraction of sp³-hybridized carbons (Fsp3) is 0.136. The molecule has 0 aliphatic heterocycles. The van der Waals surface area contributed by atoms with E-state index < -0.39 is 5.41 Å². The molecule has 0 heterocycles. The molecule has 0 radical (unpaired) electrons. The van der Waals surface area contributed by atoms with Gasteiger partial charge in [-0.15, -0.1) is 0 Å². The first-order valence-corrected chi connectivity index (χ1v) is 8.00. The van der Waals surface area contributed by atoms with Crippen molar-refractivity contribution in [3.8, 4) is 0 Å². The monoisotopic (exact) mass is 300 g/mol. The summed E-state index contributed by atoms with van der Waals surface area (Å²) in [4.78, 5) is 13.5. The molecule has 1 nitrogen and oxygen atoms in total. The average molecular weight is 300 g/mol. The van der Waals surface area contributed by atoms with E-state index in [-0.39, 0.29) is 5.78 Å². The van der Waals surface area contributed by atoms with Gasteiger partial charge in [-0.2, -0.15) is 0 Å². The molecule has 0 fully saturated rings. The van der Waals surface area contributed by atoms with Gasteiger partial charge in [0, 0.05) is 5.56 Å². The van der Waals surface area contributed by atoms with Gasteiger partial charge < -0.3 is 0 Å². The molecule has 0 bridgehead atoms. The van der Waals surface area contributed by atoms with Crippen LogP contribution in [0.3, 0.4) is 0 Å². The van der Waals surface area contributed by atoms with Crippen LogP contribution in [-0.2, 0) is 5.41 Å². The van der Waals surface area contributed by atoms with Gasteiger partial charge in [0.1, 0.15) is 0 Å². The number of carbonyl (C=O) groups is 1. The van der Waals surface area contributed by atoms with Crippen molar-refractivity contribution in [1.82, 2.24) is 0 Å². The molecule has 0 aliphatic carbocycles. The van der Waals surface area contributed by atoms with Crippen LogP contribution in [0, 0.1) is 0 Å². The molecular formula is C22H20O. The number of benzene rings is 3. The Balaban J connectivity index is 2.24. The molecule has 1 heteroatoms. The van der Waals surface area contributed by atoms with Crippen molar-refractivity contribution in [1.29, 1.82) is 0 Å². The molecule has 114 valence electrons. The first-order chi connectivity index (χ1) is 11.3. The lowest BCUT2D eigenvalue weighted by atomic mass is 9.68. The Morgan fingerprint density at radius 1 is 0.696 bits per heavy atom. The predicted octanol–water partition coefficient (Wildman–Crippen LogP) is 5.27. The van der Waals surface area contributed by atoms with Crippen molar-refractivity contribution in [2.75, 3.05) is 0 Å². The number of rotatable bonds is 5. The van der Waals surface area contributed by atoms with E-state index in [2.05, 4.69) is 31.2 Å².